The zero-order valence-corrected chi connectivity index (χ0v) is 10.5. The van der Waals surface area contributed by atoms with Crippen LogP contribution in [0.2, 0.25) is 0 Å². The van der Waals surface area contributed by atoms with E-state index in [2.05, 4.69) is 25.3 Å². The summed E-state index contributed by atoms with van der Waals surface area (Å²) in [5.74, 6) is -0.271. The molecule has 2 N–H and O–H groups in total. The standard InChI is InChI=1S/C11H11N5O4/c1-2-12-10-9(3-8(5-13-10)16(18)19)11(17)15-7-4-14-20-6-7/h3-6H,2H2,1H3,(H,12,13)(H,15,17). The van der Waals surface area contributed by atoms with Crippen molar-refractivity contribution in [3.63, 3.8) is 0 Å². The molecule has 0 saturated carbocycles. The van der Waals surface area contributed by atoms with Crippen LogP contribution in [-0.2, 0) is 0 Å². The van der Waals surface area contributed by atoms with Gasteiger partial charge in [0.15, 0.2) is 0 Å². The Morgan fingerprint density at radius 3 is 2.90 bits per heavy atom. The predicted octanol–water partition coefficient (Wildman–Crippen LogP) is 1.66. The first-order chi connectivity index (χ1) is 9.61. The van der Waals surface area contributed by atoms with Gasteiger partial charge in [-0.1, -0.05) is 5.16 Å². The summed E-state index contributed by atoms with van der Waals surface area (Å²) in [6.45, 7) is 2.35. The maximum Gasteiger partial charge on any atom is 0.288 e. The van der Waals surface area contributed by atoms with Crippen LogP contribution in [0.3, 0.4) is 0 Å². The van der Waals surface area contributed by atoms with Crippen molar-refractivity contribution in [3.8, 4) is 0 Å². The van der Waals surface area contributed by atoms with Gasteiger partial charge in [0.25, 0.3) is 11.6 Å². The van der Waals surface area contributed by atoms with Gasteiger partial charge >= 0.3 is 0 Å². The molecule has 104 valence electrons. The van der Waals surface area contributed by atoms with Crippen LogP contribution in [0.15, 0.2) is 29.2 Å². The molecule has 0 bridgehead atoms. The summed E-state index contributed by atoms with van der Waals surface area (Å²) in [6, 6.07) is 1.16. The Kier molecular flexibility index (Phi) is 3.89. The highest BCUT2D eigenvalue weighted by Crippen LogP contribution is 2.20. The van der Waals surface area contributed by atoms with E-state index < -0.39 is 10.8 Å². The number of nitrogens with zero attached hydrogens (tertiary/aromatic N) is 3. The Hall–Kier alpha value is -2.97. The smallest absolute Gasteiger partial charge is 0.288 e. The van der Waals surface area contributed by atoms with E-state index in [1.165, 1.54) is 12.5 Å². The minimum atomic E-state index is -0.612. The average molecular weight is 277 g/mol. The molecule has 0 aliphatic heterocycles. The molecule has 0 fully saturated rings. The third kappa shape index (κ3) is 2.88. The zero-order valence-electron chi connectivity index (χ0n) is 10.5. The Morgan fingerprint density at radius 1 is 1.50 bits per heavy atom. The minimum Gasteiger partial charge on any atom is -0.370 e. The number of hydrogen-bond acceptors (Lipinski definition) is 7. The van der Waals surface area contributed by atoms with E-state index in [1.54, 1.807) is 0 Å². The third-order valence-electron chi connectivity index (χ3n) is 2.36. The zero-order chi connectivity index (χ0) is 14.5. The van der Waals surface area contributed by atoms with E-state index >= 15 is 0 Å². The number of aromatic nitrogens is 2. The Morgan fingerprint density at radius 2 is 2.30 bits per heavy atom. The summed E-state index contributed by atoms with van der Waals surface area (Å²) in [4.78, 5) is 26.1. The Balaban J connectivity index is 2.33. The number of carbonyl (C=O) groups is 1. The highest BCUT2D eigenvalue weighted by Gasteiger charge is 2.18. The maximum absolute atomic E-state index is 12.1. The lowest BCUT2D eigenvalue weighted by Crippen LogP contribution is -2.16. The van der Waals surface area contributed by atoms with Crippen molar-refractivity contribution >= 4 is 23.1 Å². The van der Waals surface area contributed by atoms with Crippen LogP contribution in [0.1, 0.15) is 17.3 Å². The predicted molar refractivity (Wildman–Crippen MR) is 69.5 cm³/mol. The average Bonchev–Trinajstić information content (AvgIpc) is 2.92. The van der Waals surface area contributed by atoms with Gasteiger partial charge in [-0.05, 0) is 6.92 Å². The molecule has 2 aromatic rings. The monoisotopic (exact) mass is 277 g/mol. The van der Waals surface area contributed by atoms with Crippen molar-refractivity contribution in [1.29, 1.82) is 0 Å². The van der Waals surface area contributed by atoms with Gasteiger partial charge in [0.2, 0.25) is 0 Å². The number of anilines is 2. The van der Waals surface area contributed by atoms with Crippen molar-refractivity contribution in [1.82, 2.24) is 10.1 Å². The van der Waals surface area contributed by atoms with Crippen LogP contribution in [0, 0.1) is 10.1 Å². The summed E-state index contributed by atoms with van der Waals surface area (Å²) in [7, 11) is 0. The molecule has 0 saturated heterocycles. The quantitative estimate of drug-likeness (QED) is 0.629. The van der Waals surface area contributed by atoms with Crippen molar-refractivity contribution in [2.45, 2.75) is 6.92 Å². The van der Waals surface area contributed by atoms with Gasteiger partial charge in [-0.15, -0.1) is 0 Å². The minimum absolute atomic E-state index is 0.0715. The summed E-state index contributed by atoms with van der Waals surface area (Å²) in [6.07, 6.45) is 3.65. The van der Waals surface area contributed by atoms with Crippen molar-refractivity contribution in [2.24, 2.45) is 0 Å². The first-order valence-corrected chi connectivity index (χ1v) is 5.71. The van der Waals surface area contributed by atoms with Crippen LogP contribution < -0.4 is 10.6 Å². The number of rotatable bonds is 5. The second-order valence-corrected chi connectivity index (χ2v) is 3.74. The van der Waals surface area contributed by atoms with Crippen molar-refractivity contribution in [3.05, 3.63) is 40.4 Å². The molecule has 0 radical (unpaired) electrons. The topological polar surface area (TPSA) is 123 Å². The van der Waals surface area contributed by atoms with Gasteiger partial charge in [-0.2, -0.15) is 0 Å². The molecule has 2 heterocycles. The van der Waals surface area contributed by atoms with E-state index in [-0.39, 0.29) is 17.1 Å². The lowest BCUT2D eigenvalue weighted by atomic mass is 10.2. The molecule has 9 heteroatoms. The SMILES string of the molecule is CCNc1ncc([N+](=O)[O-])cc1C(=O)Nc1cnoc1. The molecule has 2 rings (SSSR count). The number of carbonyl (C=O) groups excluding carboxylic acids is 1. The number of pyridine rings is 1. The number of nitro groups is 1. The fraction of sp³-hybridized carbons (Fsp3) is 0.182. The van der Waals surface area contributed by atoms with Crippen LogP contribution in [-0.4, -0.2) is 27.5 Å². The van der Waals surface area contributed by atoms with E-state index in [1.807, 2.05) is 6.92 Å². The summed E-state index contributed by atoms with van der Waals surface area (Å²) in [5, 5.41) is 19.6. The molecule has 1 amide bonds. The third-order valence-corrected chi connectivity index (χ3v) is 2.36. The van der Waals surface area contributed by atoms with Gasteiger partial charge < -0.3 is 15.2 Å². The van der Waals surface area contributed by atoms with Crippen LogP contribution in [0.25, 0.3) is 0 Å². The summed E-state index contributed by atoms with van der Waals surface area (Å²) in [5.41, 5.74) is 0.160. The second-order valence-electron chi connectivity index (χ2n) is 3.74. The van der Waals surface area contributed by atoms with Gasteiger partial charge in [0.1, 0.15) is 24.0 Å². The molecule has 0 aliphatic carbocycles. The van der Waals surface area contributed by atoms with Gasteiger partial charge in [0.05, 0.1) is 16.7 Å². The lowest BCUT2D eigenvalue weighted by Gasteiger charge is -2.08. The molecule has 0 aromatic carbocycles. The van der Waals surface area contributed by atoms with Crippen LogP contribution in [0.5, 0.6) is 0 Å². The maximum atomic E-state index is 12.1. The molecule has 20 heavy (non-hydrogen) atoms. The van der Waals surface area contributed by atoms with E-state index in [0.717, 1.165) is 12.3 Å². The van der Waals surface area contributed by atoms with Crippen molar-refractivity contribution in [2.75, 3.05) is 17.2 Å². The second kappa shape index (κ2) is 5.78. The number of amides is 1. The first kappa shape index (κ1) is 13.5. The molecule has 0 aliphatic rings. The first-order valence-electron chi connectivity index (χ1n) is 5.71. The van der Waals surface area contributed by atoms with Gasteiger partial charge in [-0.25, -0.2) is 4.98 Å². The Labute approximate surface area is 113 Å². The fourth-order valence-corrected chi connectivity index (χ4v) is 1.50. The molecule has 0 spiro atoms. The molecule has 9 nitrogen and oxygen atoms in total. The largest absolute Gasteiger partial charge is 0.370 e. The molecular formula is C11H11N5O4. The number of nitrogens with one attached hydrogen (secondary N) is 2. The summed E-state index contributed by atoms with van der Waals surface area (Å²) >= 11 is 0. The molecule has 0 atom stereocenters. The highest BCUT2D eigenvalue weighted by atomic mass is 16.6. The molecule has 2 aromatic heterocycles. The van der Waals surface area contributed by atoms with Gasteiger partial charge in [-0.3, -0.25) is 14.9 Å². The molecular weight excluding hydrogens is 266 g/mol. The normalized spacial score (nSPS) is 10.1. The van der Waals surface area contributed by atoms with Crippen molar-refractivity contribution < 1.29 is 14.2 Å². The molecule has 0 unspecified atom stereocenters. The fourth-order valence-electron chi connectivity index (χ4n) is 1.50. The van der Waals surface area contributed by atoms with Crippen LogP contribution >= 0.6 is 0 Å². The Bertz CT molecular complexity index is 626. The lowest BCUT2D eigenvalue weighted by molar-refractivity contribution is -0.385. The van der Waals surface area contributed by atoms with E-state index in [4.69, 9.17) is 0 Å². The highest BCUT2D eigenvalue weighted by molar-refractivity contribution is 6.07. The summed E-state index contributed by atoms with van der Waals surface area (Å²) < 4.78 is 4.59. The van der Waals surface area contributed by atoms with E-state index in [0.29, 0.717) is 12.2 Å². The van der Waals surface area contributed by atoms with Crippen LogP contribution in [0.4, 0.5) is 17.2 Å². The number of hydrogen-bond donors (Lipinski definition) is 2. The van der Waals surface area contributed by atoms with Gasteiger partial charge in [0, 0.05) is 12.6 Å². The van der Waals surface area contributed by atoms with E-state index in [9.17, 15) is 14.9 Å².